The molecule has 0 aliphatic carbocycles. The van der Waals surface area contributed by atoms with Gasteiger partial charge in [-0.25, -0.2) is 9.59 Å². The lowest BCUT2D eigenvalue weighted by molar-refractivity contribution is -0.385. The zero-order chi connectivity index (χ0) is 22.1. The largest absolute Gasteiger partial charge is 0.507 e. The summed E-state index contributed by atoms with van der Waals surface area (Å²) >= 11 is 0. The molecule has 0 radical (unpaired) electrons. The first-order valence-corrected chi connectivity index (χ1v) is 7.51. The first-order chi connectivity index (χ1) is 13.7. The van der Waals surface area contributed by atoms with Gasteiger partial charge in [-0.15, -0.1) is 0 Å². The maximum absolute atomic E-state index is 11.1. The van der Waals surface area contributed by atoms with E-state index in [-0.39, 0.29) is 28.0 Å². The van der Waals surface area contributed by atoms with Crippen LogP contribution in [0.5, 0.6) is 11.5 Å². The van der Waals surface area contributed by atoms with Crippen LogP contribution in [0.2, 0.25) is 0 Å². The zero-order valence-electron chi connectivity index (χ0n) is 15.1. The van der Waals surface area contributed by atoms with E-state index in [0.29, 0.717) is 0 Å². The summed E-state index contributed by atoms with van der Waals surface area (Å²) in [6, 6.07) is 9.13. The molecule has 2 rings (SSSR count). The van der Waals surface area contributed by atoms with Gasteiger partial charge in [0.15, 0.2) is 0 Å². The second-order valence-electron chi connectivity index (χ2n) is 5.09. The number of rotatable bonds is 3. The summed E-state index contributed by atoms with van der Waals surface area (Å²) in [4.78, 5) is 31.8. The van der Waals surface area contributed by atoms with E-state index in [2.05, 4.69) is 9.47 Å². The number of hydrogen-bond acceptors (Lipinski definition) is 10. The van der Waals surface area contributed by atoms with Crippen molar-refractivity contribution < 1.29 is 34.2 Å². The number of aromatic hydroxyl groups is 2. The van der Waals surface area contributed by atoms with Gasteiger partial charge in [0.05, 0.1) is 35.8 Å². The number of esters is 2. The lowest BCUT2D eigenvalue weighted by Gasteiger charge is -2.02. The van der Waals surface area contributed by atoms with Crippen molar-refractivity contribution in [3.05, 3.63) is 62.7 Å². The summed E-state index contributed by atoms with van der Waals surface area (Å²) in [5.74, 6) is -2.26. The highest BCUT2D eigenvalue weighted by molar-refractivity contribution is 5.91. The fraction of sp³-hybridized carbons (Fsp3) is 0.111. The Morgan fingerprint density at radius 2 is 1.48 bits per heavy atom. The van der Waals surface area contributed by atoms with Gasteiger partial charge in [0.25, 0.3) is 0 Å². The molecule has 0 amide bonds. The molecule has 2 N–H and O–H groups in total. The number of methoxy groups -OCH3 is 2. The molecule has 11 nitrogen and oxygen atoms in total. The number of hydrogen-bond donors (Lipinski definition) is 2. The number of phenols is 2. The number of phenolic OH excluding ortho intramolecular Hbond substituents is 2. The first kappa shape index (κ1) is 22.4. The van der Waals surface area contributed by atoms with Crippen LogP contribution in [-0.2, 0) is 9.47 Å². The molecule has 0 unspecified atom stereocenters. The Morgan fingerprint density at radius 3 is 1.97 bits per heavy atom. The molecular weight excluding hydrogens is 386 g/mol. The number of nitro benzene ring substituents is 1. The maximum atomic E-state index is 11.1. The first-order valence-electron chi connectivity index (χ1n) is 7.51. The molecule has 0 heterocycles. The van der Waals surface area contributed by atoms with Crippen molar-refractivity contribution in [3.8, 4) is 23.6 Å². The minimum Gasteiger partial charge on any atom is -0.507 e. The topological polar surface area (TPSA) is 184 Å². The second kappa shape index (κ2) is 9.89. The van der Waals surface area contributed by atoms with Gasteiger partial charge in [0.2, 0.25) is 5.75 Å². The molecule has 0 saturated carbocycles. The number of carbonyl (C=O) groups is 2. The monoisotopic (exact) mass is 399 g/mol. The number of ether oxygens (including phenoxy) is 2. The third-order valence-electron chi connectivity index (χ3n) is 3.37. The zero-order valence-corrected chi connectivity index (χ0v) is 15.1. The number of carbonyl (C=O) groups excluding carboxylic acids is 2. The van der Waals surface area contributed by atoms with Crippen LogP contribution in [-0.4, -0.2) is 41.3 Å². The molecular formula is C18H13N3O8. The van der Waals surface area contributed by atoms with Crippen LogP contribution < -0.4 is 0 Å². The van der Waals surface area contributed by atoms with Crippen molar-refractivity contribution in [3.63, 3.8) is 0 Å². The van der Waals surface area contributed by atoms with E-state index in [1.807, 2.05) is 0 Å². The number of nitriles is 2. The molecule has 0 aliphatic rings. The summed E-state index contributed by atoms with van der Waals surface area (Å²) in [6.45, 7) is 0. The smallest absolute Gasteiger partial charge is 0.338 e. The van der Waals surface area contributed by atoms with Crippen LogP contribution in [0.1, 0.15) is 31.8 Å². The molecule has 2 aromatic rings. The molecule has 29 heavy (non-hydrogen) atoms. The maximum Gasteiger partial charge on any atom is 0.338 e. The molecule has 0 saturated heterocycles. The van der Waals surface area contributed by atoms with Gasteiger partial charge in [0, 0.05) is 6.07 Å². The second-order valence-corrected chi connectivity index (χ2v) is 5.09. The Bertz CT molecular complexity index is 1050. The van der Waals surface area contributed by atoms with Crippen LogP contribution in [0.25, 0.3) is 0 Å². The van der Waals surface area contributed by atoms with E-state index in [9.17, 15) is 24.8 Å². The summed E-state index contributed by atoms with van der Waals surface area (Å²) in [5, 5.41) is 46.1. The van der Waals surface area contributed by atoms with Crippen LogP contribution in [0.15, 0.2) is 30.3 Å². The third-order valence-corrected chi connectivity index (χ3v) is 3.37. The van der Waals surface area contributed by atoms with Crippen LogP contribution in [0, 0.1) is 32.8 Å². The fourth-order valence-electron chi connectivity index (χ4n) is 1.95. The molecule has 148 valence electrons. The van der Waals surface area contributed by atoms with E-state index in [0.717, 1.165) is 19.2 Å². The van der Waals surface area contributed by atoms with Crippen LogP contribution in [0.3, 0.4) is 0 Å². The summed E-state index contributed by atoms with van der Waals surface area (Å²) < 4.78 is 8.80. The Hall–Kier alpha value is -4.64. The highest BCUT2D eigenvalue weighted by Gasteiger charge is 2.21. The van der Waals surface area contributed by atoms with Gasteiger partial charge in [-0.3, -0.25) is 10.1 Å². The van der Waals surface area contributed by atoms with Crippen molar-refractivity contribution in [1.29, 1.82) is 10.5 Å². The summed E-state index contributed by atoms with van der Waals surface area (Å²) in [6.07, 6.45) is 0. The standard InChI is InChI=1S/C9H6N2O5.C9H7NO3/c1-16-9(13)5-2-6(4-10)8(12)7(3-5)11(14)15;1-13-9(12)6-2-3-8(11)7(4-6)5-10/h2-3,12H,1H3;2-4,11H,1H3. The molecule has 11 heteroatoms. The van der Waals surface area contributed by atoms with Crippen molar-refractivity contribution in [1.82, 2.24) is 0 Å². The van der Waals surface area contributed by atoms with E-state index in [1.165, 1.54) is 25.3 Å². The van der Waals surface area contributed by atoms with Gasteiger partial charge >= 0.3 is 17.6 Å². The average molecular weight is 399 g/mol. The van der Waals surface area contributed by atoms with Crippen molar-refractivity contribution >= 4 is 17.6 Å². The van der Waals surface area contributed by atoms with E-state index in [4.69, 9.17) is 15.6 Å². The van der Waals surface area contributed by atoms with E-state index < -0.39 is 28.3 Å². The van der Waals surface area contributed by atoms with Crippen LogP contribution >= 0.6 is 0 Å². The minimum atomic E-state index is -0.886. The number of benzene rings is 2. The van der Waals surface area contributed by atoms with Crippen LogP contribution in [0.4, 0.5) is 5.69 Å². The molecule has 0 fully saturated rings. The van der Waals surface area contributed by atoms with Gasteiger partial charge < -0.3 is 19.7 Å². The fourth-order valence-corrected chi connectivity index (χ4v) is 1.95. The van der Waals surface area contributed by atoms with Crippen molar-refractivity contribution in [2.75, 3.05) is 14.2 Å². The summed E-state index contributed by atoms with van der Waals surface area (Å²) in [7, 11) is 2.36. The Balaban J connectivity index is 0.000000296. The predicted molar refractivity (Wildman–Crippen MR) is 95.0 cm³/mol. The predicted octanol–water partition coefficient (Wildman–Crippen LogP) is 2.01. The van der Waals surface area contributed by atoms with Crippen molar-refractivity contribution in [2.24, 2.45) is 0 Å². The Labute approximate surface area is 163 Å². The normalized spacial score (nSPS) is 9.10. The average Bonchev–Trinajstić information content (AvgIpc) is 2.73. The van der Waals surface area contributed by atoms with E-state index in [1.54, 1.807) is 12.1 Å². The SMILES string of the molecule is COC(=O)c1cc(C#N)c(O)c([N+](=O)[O-])c1.COC(=O)c1ccc(O)c(C#N)c1. The van der Waals surface area contributed by atoms with Gasteiger partial charge in [-0.2, -0.15) is 10.5 Å². The van der Waals surface area contributed by atoms with Gasteiger partial charge in [-0.1, -0.05) is 0 Å². The highest BCUT2D eigenvalue weighted by Crippen LogP contribution is 2.30. The summed E-state index contributed by atoms with van der Waals surface area (Å²) in [5.41, 5.74) is -0.919. The van der Waals surface area contributed by atoms with E-state index >= 15 is 0 Å². The van der Waals surface area contributed by atoms with Gasteiger partial charge in [0.1, 0.15) is 23.5 Å². The number of nitrogens with zero attached hydrogens (tertiary/aromatic N) is 3. The minimum absolute atomic E-state index is 0.0582. The Morgan fingerprint density at radius 1 is 0.966 bits per heavy atom. The Kier molecular flexibility index (Phi) is 7.64. The highest BCUT2D eigenvalue weighted by atomic mass is 16.6. The quantitative estimate of drug-likeness (QED) is 0.439. The molecule has 2 aromatic carbocycles. The van der Waals surface area contributed by atoms with Crippen molar-refractivity contribution in [2.45, 2.75) is 0 Å². The molecule has 0 bridgehead atoms. The number of nitro groups is 1. The lowest BCUT2D eigenvalue weighted by Crippen LogP contribution is -2.03. The molecule has 0 aliphatic heterocycles. The third kappa shape index (κ3) is 5.42. The molecule has 0 spiro atoms. The lowest BCUT2D eigenvalue weighted by atomic mass is 10.1. The van der Waals surface area contributed by atoms with Gasteiger partial charge in [-0.05, 0) is 24.3 Å². The molecule has 0 aromatic heterocycles. The molecule has 0 atom stereocenters.